The van der Waals surface area contributed by atoms with E-state index in [2.05, 4.69) is 36.4 Å². The van der Waals surface area contributed by atoms with Crippen LogP contribution in [0, 0.1) is 3.57 Å². The molecule has 0 unspecified atom stereocenters. The lowest BCUT2D eigenvalue weighted by Crippen LogP contribution is -2.43. The van der Waals surface area contributed by atoms with Gasteiger partial charge in [-0.1, -0.05) is 0 Å². The molecule has 0 spiro atoms. The number of aromatic nitrogens is 1. The summed E-state index contributed by atoms with van der Waals surface area (Å²) in [5, 5.41) is 0. The molecule has 0 N–H and O–H groups in total. The maximum Gasteiger partial charge on any atom is 0.270 e. The van der Waals surface area contributed by atoms with Crippen molar-refractivity contribution in [1.29, 1.82) is 0 Å². The normalized spacial score (nSPS) is 16.3. The minimum atomic E-state index is 0.161. The molecule has 0 bridgehead atoms. The molecule has 2 heterocycles. The summed E-state index contributed by atoms with van der Waals surface area (Å²) in [7, 11) is 0. The average molecular weight is 304 g/mol. The highest BCUT2D eigenvalue weighted by molar-refractivity contribution is 14.1. The Morgan fingerprint density at radius 3 is 2.79 bits per heavy atom. The van der Waals surface area contributed by atoms with Gasteiger partial charge in [-0.05, 0) is 42.5 Å². The first-order chi connectivity index (χ1) is 6.59. The van der Waals surface area contributed by atoms with Gasteiger partial charge in [0.15, 0.2) is 0 Å². The standard InChI is InChI=1S/C10H13IN2O/c1-7(2)13-4-3-12-6-8(11)5-9(12)10(13)14/h5-7H,3-4H2,1-2H3. The van der Waals surface area contributed by atoms with Crippen molar-refractivity contribution in [1.82, 2.24) is 9.47 Å². The molecule has 0 saturated heterocycles. The van der Waals surface area contributed by atoms with Gasteiger partial charge in [-0.2, -0.15) is 0 Å². The number of hydrogen-bond donors (Lipinski definition) is 0. The van der Waals surface area contributed by atoms with E-state index in [0.29, 0.717) is 6.04 Å². The van der Waals surface area contributed by atoms with Crippen LogP contribution in [-0.2, 0) is 6.54 Å². The van der Waals surface area contributed by atoms with E-state index in [1.54, 1.807) is 0 Å². The van der Waals surface area contributed by atoms with Gasteiger partial charge in [-0.3, -0.25) is 4.79 Å². The quantitative estimate of drug-likeness (QED) is 0.728. The molecule has 0 aliphatic carbocycles. The van der Waals surface area contributed by atoms with E-state index in [1.165, 1.54) is 0 Å². The zero-order chi connectivity index (χ0) is 10.3. The second-order valence-corrected chi connectivity index (χ2v) is 5.07. The average Bonchev–Trinajstić information content (AvgIpc) is 2.46. The second kappa shape index (κ2) is 3.56. The summed E-state index contributed by atoms with van der Waals surface area (Å²) < 4.78 is 3.18. The van der Waals surface area contributed by atoms with Gasteiger partial charge >= 0.3 is 0 Å². The van der Waals surface area contributed by atoms with Crippen LogP contribution in [0.25, 0.3) is 0 Å². The van der Waals surface area contributed by atoms with Crippen LogP contribution in [0.5, 0.6) is 0 Å². The highest BCUT2D eigenvalue weighted by Gasteiger charge is 2.26. The predicted molar refractivity (Wildman–Crippen MR) is 63.3 cm³/mol. The molecule has 1 aliphatic heterocycles. The van der Waals surface area contributed by atoms with Gasteiger partial charge in [0, 0.05) is 28.9 Å². The Bertz CT molecular complexity index is 370. The van der Waals surface area contributed by atoms with Crippen LogP contribution in [-0.4, -0.2) is 28.0 Å². The Morgan fingerprint density at radius 2 is 2.14 bits per heavy atom. The second-order valence-electron chi connectivity index (χ2n) is 3.83. The van der Waals surface area contributed by atoms with Crippen LogP contribution in [0.1, 0.15) is 24.3 Å². The molecule has 76 valence electrons. The minimum Gasteiger partial charge on any atom is -0.341 e. The van der Waals surface area contributed by atoms with E-state index < -0.39 is 0 Å². The molecule has 1 aliphatic rings. The van der Waals surface area contributed by atoms with Gasteiger partial charge in [0.1, 0.15) is 5.69 Å². The maximum absolute atomic E-state index is 12.0. The highest BCUT2D eigenvalue weighted by Crippen LogP contribution is 2.18. The lowest BCUT2D eigenvalue weighted by molar-refractivity contribution is 0.0649. The molecule has 0 aromatic carbocycles. The lowest BCUT2D eigenvalue weighted by Gasteiger charge is -2.31. The van der Waals surface area contributed by atoms with Crippen molar-refractivity contribution in [3.63, 3.8) is 0 Å². The first-order valence-corrected chi connectivity index (χ1v) is 5.84. The summed E-state index contributed by atoms with van der Waals surface area (Å²) >= 11 is 2.24. The van der Waals surface area contributed by atoms with Gasteiger partial charge < -0.3 is 9.47 Å². The van der Waals surface area contributed by atoms with Crippen molar-refractivity contribution in [3.05, 3.63) is 21.5 Å². The Hall–Kier alpha value is -0.520. The van der Waals surface area contributed by atoms with E-state index in [4.69, 9.17) is 0 Å². The molecule has 1 aromatic rings. The van der Waals surface area contributed by atoms with Gasteiger partial charge in [0.2, 0.25) is 0 Å². The van der Waals surface area contributed by atoms with Gasteiger partial charge in [-0.15, -0.1) is 0 Å². The summed E-state index contributed by atoms with van der Waals surface area (Å²) in [5.74, 6) is 0.161. The van der Waals surface area contributed by atoms with Gasteiger partial charge in [0.05, 0.1) is 0 Å². The first kappa shape index (κ1) is 10.0. The Balaban J connectivity index is 2.36. The zero-order valence-corrected chi connectivity index (χ0v) is 10.5. The van der Waals surface area contributed by atoms with Crippen LogP contribution in [0.2, 0.25) is 0 Å². The summed E-state index contributed by atoms with van der Waals surface area (Å²) in [6.07, 6.45) is 2.03. The first-order valence-electron chi connectivity index (χ1n) is 4.76. The molecule has 0 saturated carbocycles. The number of rotatable bonds is 1. The fraction of sp³-hybridized carbons (Fsp3) is 0.500. The van der Waals surface area contributed by atoms with Crippen molar-refractivity contribution in [3.8, 4) is 0 Å². The highest BCUT2D eigenvalue weighted by atomic mass is 127. The Kier molecular flexibility index (Phi) is 2.55. The fourth-order valence-corrected chi connectivity index (χ4v) is 2.43. The van der Waals surface area contributed by atoms with Crippen LogP contribution >= 0.6 is 22.6 Å². The lowest BCUT2D eigenvalue weighted by atomic mass is 10.2. The van der Waals surface area contributed by atoms with E-state index in [0.717, 1.165) is 22.4 Å². The molecule has 0 radical (unpaired) electrons. The van der Waals surface area contributed by atoms with Crippen molar-refractivity contribution < 1.29 is 4.79 Å². The molecule has 0 fully saturated rings. The molecular weight excluding hydrogens is 291 g/mol. The maximum atomic E-state index is 12.0. The molecule has 1 aromatic heterocycles. The van der Waals surface area contributed by atoms with Crippen molar-refractivity contribution in [2.75, 3.05) is 6.54 Å². The van der Waals surface area contributed by atoms with E-state index in [1.807, 2.05) is 21.7 Å². The number of halogens is 1. The molecule has 0 atom stereocenters. The summed E-state index contributed by atoms with van der Waals surface area (Å²) in [6, 6.07) is 2.25. The SMILES string of the molecule is CC(C)N1CCn2cc(I)cc2C1=O. The Morgan fingerprint density at radius 1 is 1.43 bits per heavy atom. The number of carbonyl (C=O) groups excluding carboxylic acids is 1. The topological polar surface area (TPSA) is 25.2 Å². The minimum absolute atomic E-state index is 0.161. The largest absolute Gasteiger partial charge is 0.341 e. The zero-order valence-electron chi connectivity index (χ0n) is 8.33. The smallest absolute Gasteiger partial charge is 0.270 e. The molecule has 1 amide bonds. The fourth-order valence-electron chi connectivity index (χ4n) is 1.80. The van der Waals surface area contributed by atoms with Crippen LogP contribution in [0.4, 0.5) is 0 Å². The number of carbonyl (C=O) groups is 1. The van der Waals surface area contributed by atoms with Crippen molar-refractivity contribution in [2.24, 2.45) is 0 Å². The third-order valence-electron chi connectivity index (χ3n) is 2.55. The number of amides is 1. The van der Waals surface area contributed by atoms with E-state index >= 15 is 0 Å². The summed E-state index contributed by atoms with van der Waals surface area (Å²) in [4.78, 5) is 13.9. The molecular formula is C10H13IN2O. The van der Waals surface area contributed by atoms with Crippen LogP contribution in [0.3, 0.4) is 0 Å². The third kappa shape index (κ3) is 1.55. The van der Waals surface area contributed by atoms with Crippen molar-refractivity contribution in [2.45, 2.75) is 26.4 Å². The summed E-state index contributed by atoms with van der Waals surface area (Å²) in [5.41, 5.74) is 0.828. The molecule has 3 nitrogen and oxygen atoms in total. The third-order valence-corrected chi connectivity index (χ3v) is 3.14. The van der Waals surface area contributed by atoms with Gasteiger partial charge in [0.25, 0.3) is 5.91 Å². The molecule has 2 rings (SSSR count). The number of nitrogens with zero attached hydrogens (tertiary/aromatic N) is 2. The molecule has 4 heteroatoms. The van der Waals surface area contributed by atoms with Crippen molar-refractivity contribution >= 4 is 28.5 Å². The van der Waals surface area contributed by atoms with Crippen LogP contribution in [0.15, 0.2) is 12.3 Å². The predicted octanol–water partition coefficient (Wildman–Crippen LogP) is 1.96. The van der Waals surface area contributed by atoms with Gasteiger partial charge in [-0.25, -0.2) is 0 Å². The van der Waals surface area contributed by atoms with Crippen LogP contribution < -0.4 is 0 Å². The molecule has 14 heavy (non-hydrogen) atoms. The Labute approximate surface area is 97.2 Å². The van der Waals surface area contributed by atoms with E-state index in [-0.39, 0.29) is 5.91 Å². The van der Waals surface area contributed by atoms with E-state index in [9.17, 15) is 4.79 Å². The number of hydrogen-bond acceptors (Lipinski definition) is 1. The monoisotopic (exact) mass is 304 g/mol. The summed E-state index contributed by atoms with van der Waals surface area (Å²) in [6.45, 7) is 5.86. The number of fused-ring (bicyclic) bond motifs is 1.